The van der Waals surface area contributed by atoms with Crippen molar-refractivity contribution in [1.29, 1.82) is 0 Å². The molecule has 2 amide bonds. The molecule has 0 aliphatic heterocycles. The second-order valence-corrected chi connectivity index (χ2v) is 6.21. The fourth-order valence-electron chi connectivity index (χ4n) is 2.21. The molecular weight excluding hydrogens is 373 g/mol. The van der Waals surface area contributed by atoms with Crippen molar-refractivity contribution in [2.24, 2.45) is 0 Å². The first kappa shape index (κ1) is 17.9. The molecule has 0 aliphatic carbocycles. The summed E-state index contributed by atoms with van der Waals surface area (Å²) in [7, 11) is 0. The Labute approximate surface area is 160 Å². The number of benzene rings is 2. The van der Waals surface area contributed by atoms with Gasteiger partial charge in [0.2, 0.25) is 0 Å². The average Bonchev–Trinajstić information content (AvgIpc) is 2.62. The Kier molecular flexibility index (Phi) is 5.51. The largest absolute Gasteiger partial charge is 0.321 e. The summed E-state index contributed by atoms with van der Waals surface area (Å²) < 4.78 is 0. The van der Waals surface area contributed by atoms with Gasteiger partial charge in [-0.05, 0) is 48.5 Å². The SMILES string of the molecule is O=C(Nc1cccc(Cl)c1)c1cccc(C(=O)Nc2cccc(Cl)c2)n1. The maximum absolute atomic E-state index is 12.3. The van der Waals surface area contributed by atoms with Crippen molar-refractivity contribution in [3.8, 4) is 0 Å². The van der Waals surface area contributed by atoms with E-state index in [9.17, 15) is 9.59 Å². The molecule has 1 aromatic heterocycles. The van der Waals surface area contributed by atoms with Gasteiger partial charge in [0.05, 0.1) is 0 Å². The number of carbonyl (C=O) groups excluding carboxylic acids is 2. The molecular formula is C19H13Cl2N3O2. The first-order valence-electron chi connectivity index (χ1n) is 7.62. The highest BCUT2D eigenvalue weighted by molar-refractivity contribution is 6.31. The van der Waals surface area contributed by atoms with Gasteiger partial charge in [0.15, 0.2) is 0 Å². The predicted molar refractivity (Wildman–Crippen MR) is 103 cm³/mol. The molecule has 0 radical (unpaired) electrons. The minimum absolute atomic E-state index is 0.115. The van der Waals surface area contributed by atoms with Gasteiger partial charge in [0.1, 0.15) is 11.4 Å². The van der Waals surface area contributed by atoms with E-state index in [0.29, 0.717) is 21.4 Å². The van der Waals surface area contributed by atoms with Crippen molar-refractivity contribution in [1.82, 2.24) is 4.98 Å². The summed E-state index contributed by atoms with van der Waals surface area (Å²) in [6, 6.07) is 18.1. The molecule has 1 heterocycles. The lowest BCUT2D eigenvalue weighted by Gasteiger charge is -2.08. The van der Waals surface area contributed by atoms with Crippen molar-refractivity contribution in [2.45, 2.75) is 0 Å². The van der Waals surface area contributed by atoms with Gasteiger partial charge >= 0.3 is 0 Å². The van der Waals surface area contributed by atoms with Crippen LogP contribution in [0.3, 0.4) is 0 Å². The number of halogens is 2. The van der Waals surface area contributed by atoms with Gasteiger partial charge in [-0.25, -0.2) is 4.98 Å². The smallest absolute Gasteiger partial charge is 0.274 e. The molecule has 26 heavy (non-hydrogen) atoms. The average molecular weight is 386 g/mol. The van der Waals surface area contributed by atoms with Crippen LogP contribution in [0.2, 0.25) is 10.0 Å². The zero-order chi connectivity index (χ0) is 18.5. The Bertz CT molecular complexity index is 902. The van der Waals surface area contributed by atoms with Crippen molar-refractivity contribution in [3.63, 3.8) is 0 Å². The first-order valence-corrected chi connectivity index (χ1v) is 8.38. The molecule has 0 atom stereocenters. The number of amides is 2. The molecule has 0 fully saturated rings. The number of hydrogen-bond donors (Lipinski definition) is 2. The Hall–Kier alpha value is -2.89. The third kappa shape index (κ3) is 4.59. The Morgan fingerprint density at radius 2 is 1.12 bits per heavy atom. The number of nitrogens with one attached hydrogen (secondary N) is 2. The summed E-state index contributed by atoms with van der Waals surface area (Å²) in [5.74, 6) is -0.880. The molecule has 2 aromatic carbocycles. The third-order valence-corrected chi connectivity index (χ3v) is 3.85. The summed E-state index contributed by atoms with van der Waals surface area (Å²) in [4.78, 5) is 28.8. The van der Waals surface area contributed by atoms with Crippen molar-refractivity contribution in [3.05, 3.63) is 88.2 Å². The number of hydrogen-bond acceptors (Lipinski definition) is 3. The maximum atomic E-state index is 12.3. The fourth-order valence-corrected chi connectivity index (χ4v) is 2.59. The van der Waals surface area contributed by atoms with E-state index in [4.69, 9.17) is 23.2 Å². The molecule has 0 saturated carbocycles. The summed E-state index contributed by atoms with van der Waals surface area (Å²) >= 11 is 11.8. The number of aromatic nitrogens is 1. The van der Waals surface area contributed by atoms with Gasteiger partial charge in [-0.2, -0.15) is 0 Å². The Balaban J connectivity index is 1.75. The molecule has 0 bridgehead atoms. The van der Waals surface area contributed by atoms with E-state index >= 15 is 0 Å². The van der Waals surface area contributed by atoms with Crippen LogP contribution in [-0.4, -0.2) is 16.8 Å². The monoisotopic (exact) mass is 385 g/mol. The van der Waals surface area contributed by atoms with Gasteiger partial charge in [0.25, 0.3) is 11.8 Å². The summed E-state index contributed by atoms with van der Waals surface area (Å²) in [6.07, 6.45) is 0. The number of rotatable bonds is 4. The Morgan fingerprint density at radius 1 is 0.692 bits per heavy atom. The van der Waals surface area contributed by atoms with Crippen LogP contribution in [0.5, 0.6) is 0 Å². The molecule has 5 nitrogen and oxygen atoms in total. The zero-order valence-corrected chi connectivity index (χ0v) is 14.9. The predicted octanol–water partition coefficient (Wildman–Crippen LogP) is 4.89. The summed E-state index contributed by atoms with van der Waals surface area (Å²) in [6.45, 7) is 0. The van der Waals surface area contributed by atoms with E-state index in [1.807, 2.05) is 0 Å². The fraction of sp³-hybridized carbons (Fsp3) is 0. The number of carbonyl (C=O) groups is 2. The minimum Gasteiger partial charge on any atom is -0.321 e. The first-order chi connectivity index (χ1) is 12.5. The molecule has 2 N–H and O–H groups in total. The standard InChI is InChI=1S/C19H13Cl2N3O2/c20-12-4-1-6-14(10-12)22-18(25)16-8-3-9-17(24-16)19(26)23-15-7-2-5-13(21)11-15/h1-11H,(H,22,25)(H,23,26). The van der Waals surface area contributed by atoms with Crippen molar-refractivity contribution < 1.29 is 9.59 Å². The van der Waals surface area contributed by atoms with Gasteiger partial charge in [-0.1, -0.05) is 41.4 Å². The van der Waals surface area contributed by atoms with Gasteiger partial charge in [-0.3, -0.25) is 9.59 Å². The second kappa shape index (κ2) is 7.99. The van der Waals surface area contributed by atoms with Crippen LogP contribution in [0.15, 0.2) is 66.7 Å². The van der Waals surface area contributed by atoms with E-state index in [0.717, 1.165) is 0 Å². The van der Waals surface area contributed by atoms with E-state index in [1.54, 1.807) is 54.6 Å². The van der Waals surface area contributed by atoms with Crippen LogP contribution in [0.25, 0.3) is 0 Å². The lowest BCUT2D eigenvalue weighted by Crippen LogP contribution is -2.18. The van der Waals surface area contributed by atoms with Crippen LogP contribution in [0.4, 0.5) is 11.4 Å². The van der Waals surface area contributed by atoms with E-state index in [-0.39, 0.29) is 11.4 Å². The van der Waals surface area contributed by atoms with Crippen LogP contribution < -0.4 is 10.6 Å². The van der Waals surface area contributed by atoms with E-state index < -0.39 is 11.8 Å². The lowest BCUT2D eigenvalue weighted by atomic mass is 10.2. The van der Waals surface area contributed by atoms with Crippen molar-refractivity contribution in [2.75, 3.05) is 10.6 Å². The normalized spacial score (nSPS) is 10.2. The quantitative estimate of drug-likeness (QED) is 0.671. The topological polar surface area (TPSA) is 71.1 Å². The third-order valence-electron chi connectivity index (χ3n) is 3.38. The maximum Gasteiger partial charge on any atom is 0.274 e. The van der Waals surface area contributed by atoms with Crippen molar-refractivity contribution >= 4 is 46.4 Å². The number of pyridine rings is 1. The molecule has 0 saturated heterocycles. The zero-order valence-electron chi connectivity index (χ0n) is 13.4. The second-order valence-electron chi connectivity index (χ2n) is 5.34. The highest BCUT2D eigenvalue weighted by atomic mass is 35.5. The van der Waals surface area contributed by atoms with Crippen LogP contribution in [0, 0.1) is 0 Å². The molecule has 0 aliphatic rings. The highest BCUT2D eigenvalue weighted by Gasteiger charge is 2.13. The molecule has 7 heteroatoms. The lowest BCUT2D eigenvalue weighted by molar-refractivity contribution is 0.101. The summed E-state index contributed by atoms with van der Waals surface area (Å²) in [5.41, 5.74) is 1.31. The van der Waals surface area contributed by atoms with Crippen LogP contribution in [0.1, 0.15) is 21.0 Å². The van der Waals surface area contributed by atoms with E-state index in [2.05, 4.69) is 15.6 Å². The molecule has 3 rings (SSSR count). The highest BCUT2D eigenvalue weighted by Crippen LogP contribution is 2.17. The van der Waals surface area contributed by atoms with Gasteiger partial charge < -0.3 is 10.6 Å². The molecule has 130 valence electrons. The number of nitrogens with zero attached hydrogens (tertiary/aromatic N) is 1. The molecule has 3 aromatic rings. The van der Waals surface area contributed by atoms with Crippen LogP contribution >= 0.6 is 23.2 Å². The van der Waals surface area contributed by atoms with Crippen LogP contribution in [-0.2, 0) is 0 Å². The molecule has 0 spiro atoms. The van der Waals surface area contributed by atoms with Gasteiger partial charge in [0, 0.05) is 21.4 Å². The minimum atomic E-state index is -0.440. The van der Waals surface area contributed by atoms with E-state index in [1.165, 1.54) is 12.1 Å². The number of anilines is 2. The molecule has 0 unspecified atom stereocenters. The summed E-state index contributed by atoms with van der Waals surface area (Å²) in [5, 5.41) is 6.38. The van der Waals surface area contributed by atoms with Gasteiger partial charge in [-0.15, -0.1) is 0 Å². The Morgan fingerprint density at radius 3 is 1.54 bits per heavy atom.